The average molecular weight is 316 g/mol. The third kappa shape index (κ3) is 3.63. The Hall–Kier alpha value is -1.21. The zero-order valence-electron chi connectivity index (χ0n) is 9.67. The van der Waals surface area contributed by atoms with E-state index in [2.05, 4.69) is 4.72 Å². The van der Waals surface area contributed by atoms with Crippen molar-refractivity contribution in [3.63, 3.8) is 0 Å². The van der Waals surface area contributed by atoms with E-state index < -0.39 is 10.0 Å². The van der Waals surface area contributed by atoms with Crippen LogP contribution in [-0.4, -0.2) is 20.7 Å². The predicted molar refractivity (Wildman–Crippen MR) is 75.3 cm³/mol. The van der Waals surface area contributed by atoms with Crippen molar-refractivity contribution in [2.75, 3.05) is 6.54 Å². The Morgan fingerprint density at radius 3 is 2.68 bits per heavy atom. The molecule has 0 amide bonds. The second-order valence-electron chi connectivity index (χ2n) is 3.69. The van der Waals surface area contributed by atoms with Gasteiger partial charge in [-0.25, -0.2) is 13.1 Å². The van der Waals surface area contributed by atoms with Gasteiger partial charge in [-0.15, -0.1) is 11.3 Å². The first kappa shape index (κ1) is 14.2. The van der Waals surface area contributed by atoms with Gasteiger partial charge in [-0.1, -0.05) is 29.8 Å². The lowest BCUT2D eigenvalue weighted by Crippen LogP contribution is -2.29. The molecule has 0 fully saturated rings. The summed E-state index contributed by atoms with van der Waals surface area (Å²) in [5.74, 6) is -0.331. The maximum atomic E-state index is 11.8. The summed E-state index contributed by atoms with van der Waals surface area (Å²) in [5, 5.41) is 2.10. The van der Waals surface area contributed by atoms with Crippen LogP contribution >= 0.6 is 22.9 Å². The fraction of sp³-hybridized carbons (Fsp3) is 0.0833. The molecule has 0 aliphatic rings. The number of rotatable bonds is 5. The van der Waals surface area contributed by atoms with Gasteiger partial charge in [0.15, 0.2) is 5.78 Å². The summed E-state index contributed by atoms with van der Waals surface area (Å²) in [6.07, 6.45) is 0. The summed E-state index contributed by atoms with van der Waals surface area (Å²) < 4.78 is 26.1. The summed E-state index contributed by atoms with van der Waals surface area (Å²) in [7, 11) is -3.62. The molecule has 0 radical (unpaired) electrons. The van der Waals surface area contributed by atoms with Gasteiger partial charge in [0, 0.05) is 10.6 Å². The molecule has 1 aromatic heterocycles. The first-order valence-electron chi connectivity index (χ1n) is 5.31. The molecule has 4 nitrogen and oxygen atoms in total. The van der Waals surface area contributed by atoms with E-state index in [9.17, 15) is 13.2 Å². The monoisotopic (exact) mass is 315 g/mol. The van der Waals surface area contributed by atoms with Crippen LogP contribution in [0, 0.1) is 0 Å². The van der Waals surface area contributed by atoms with E-state index in [1.165, 1.54) is 12.1 Å². The third-order valence-corrected chi connectivity index (χ3v) is 5.36. The van der Waals surface area contributed by atoms with E-state index in [-0.39, 0.29) is 16.5 Å². The van der Waals surface area contributed by atoms with Gasteiger partial charge in [0.2, 0.25) is 10.0 Å². The molecule has 0 bridgehead atoms. The number of hydrogen-bond acceptors (Lipinski definition) is 4. The summed E-state index contributed by atoms with van der Waals surface area (Å²) in [4.78, 5) is 11.8. The molecule has 1 heterocycles. The van der Waals surface area contributed by atoms with E-state index in [0.717, 1.165) is 11.3 Å². The Morgan fingerprint density at radius 1 is 1.26 bits per heavy atom. The van der Waals surface area contributed by atoms with Crippen LogP contribution < -0.4 is 4.72 Å². The number of thiophene rings is 1. The standard InChI is InChI=1S/C12H10ClNO3S2/c13-10-4-1-3-9(7-10)11(15)8-14-19(16,17)12-5-2-6-18-12/h1-7,14H,8H2. The van der Waals surface area contributed by atoms with E-state index in [1.54, 1.807) is 29.6 Å². The van der Waals surface area contributed by atoms with Crippen LogP contribution in [0.1, 0.15) is 10.4 Å². The SMILES string of the molecule is O=C(CNS(=O)(=O)c1cccs1)c1cccc(Cl)c1. The second kappa shape index (κ2) is 5.83. The van der Waals surface area contributed by atoms with Gasteiger partial charge in [-0.3, -0.25) is 4.79 Å². The van der Waals surface area contributed by atoms with Gasteiger partial charge in [-0.2, -0.15) is 0 Å². The number of hydrogen-bond donors (Lipinski definition) is 1. The zero-order chi connectivity index (χ0) is 13.9. The highest BCUT2D eigenvalue weighted by atomic mass is 35.5. The van der Waals surface area contributed by atoms with Crippen molar-refractivity contribution in [2.45, 2.75) is 4.21 Å². The zero-order valence-corrected chi connectivity index (χ0v) is 12.1. The molecule has 7 heteroatoms. The summed E-state index contributed by atoms with van der Waals surface area (Å²) >= 11 is 6.87. The van der Waals surface area contributed by atoms with Crippen molar-refractivity contribution in [1.29, 1.82) is 0 Å². The van der Waals surface area contributed by atoms with Gasteiger partial charge in [-0.05, 0) is 23.6 Å². The van der Waals surface area contributed by atoms with Gasteiger partial charge in [0.25, 0.3) is 0 Å². The van der Waals surface area contributed by atoms with Crippen molar-refractivity contribution < 1.29 is 13.2 Å². The number of carbonyl (C=O) groups is 1. The van der Waals surface area contributed by atoms with Crippen molar-refractivity contribution in [1.82, 2.24) is 4.72 Å². The van der Waals surface area contributed by atoms with Crippen molar-refractivity contribution >= 4 is 38.7 Å². The fourth-order valence-corrected chi connectivity index (χ4v) is 3.62. The molecule has 0 aliphatic heterocycles. The van der Waals surface area contributed by atoms with Gasteiger partial charge in [0.05, 0.1) is 6.54 Å². The molecule has 100 valence electrons. The lowest BCUT2D eigenvalue weighted by molar-refractivity contribution is 0.0997. The number of sulfonamides is 1. The molecule has 0 saturated heterocycles. The summed E-state index contributed by atoms with van der Waals surface area (Å²) in [5.41, 5.74) is 0.376. The summed E-state index contributed by atoms with van der Waals surface area (Å²) in [6, 6.07) is 9.50. The third-order valence-electron chi connectivity index (χ3n) is 2.33. The largest absolute Gasteiger partial charge is 0.293 e. The quantitative estimate of drug-likeness (QED) is 0.863. The molecule has 0 atom stereocenters. The van der Waals surface area contributed by atoms with Crippen LogP contribution in [0.15, 0.2) is 46.0 Å². The van der Waals surface area contributed by atoms with E-state index in [4.69, 9.17) is 11.6 Å². The molecule has 0 aliphatic carbocycles. The molecular formula is C12H10ClNO3S2. The Kier molecular flexibility index (Phi) is 4.36. The van der Waals surface area contributed by atoms with E-state index in [0.29, 0.717) is 10.6 Å². The molecule has 1 aromatic carbocycles. The Labute approximate surface area is 120 Å². The number of benzene rings is 1. The lowest BCUT2D eigenvalue weighted by atomic mass is 10.1. The van der Waals surface area contributed by atoms with Crippen molar-refractivity contribution in [3.05, 3.63) is 52.4 Å². The Balaban J connectivity index is 2.05. The summed E-state index contributed by atoms with van der Waals surface area (Å²) in [6.45, 7) is -0.291. The molecule has 19 heavy (non-hydrogen) atoms. The van der Waals surface area contributed by atoms with Crippen molar-refractivity contribution in [2.24, 2.45) is 0 Å². The number of ketones is 1. The molecule has 2 aromatic rings. The molecule has 0 spiro atoms. The maximum absolute atomic E-state index is 11.8. The highest BCUT2D eigenvalue weighted by Crippen LogP contribution is 2.15. The highest BCUT2D eigenvalue weighted by molar-refractivity contribution is 7.91. The number of Topliss-reactive ketones (excluding diaryl/α,β-unsaturated/α-hetero) is 1. The van der Waals surface area contributed by atoms with E-state index in [1.807, 2.05) is 0 Å². The Bertz CT molecular complexity index is 681. The van der Waals surface area contributed by atoms with Gasteiger partial charge < -0.3 is 0 Å². The normalized spacial score (nSPS) is 11.4. The molecule has 2 rings (SSSR count). The minimum Gasteiger partial charge on any atom is -0.293 e. The van der Waals surface area contributed by atoms with Crippen LogP contribution in [0.5, 0.6) is 0 Å². The molecule has 1 N–H and O–H groups in total. The molecule has 0 unspecified atom stereocenters. The van der Waals surface area contributed by atoms with Crippen LogP contribution in [0.4, 0.5) is 0 Å². The molecular weight excluding hydrogens is 306 g/mol. The smallest absolute Gasteiger partial charge is 0.250 e. The topological polar surface area (TPSA) is 63.2 Å². The van der Waals surface area contributed by atoms with Gasteiger partial charge >= 0.3 is 0 Å². The minimum absolute atomic E-state index is 0.186. The van der Waals surface area contributed by atoms with Crippen LogP contribution in [-0.2, 0) is 10.0 Å². The predicted octanol–water partition coefficient (Wildman–Crippen LogP) is 2.56. The Morgan fingerprint density at radius 2 is 2.05 bits per heavy atom. The second-order valence-corrected chi connectivity index (χ2v) is 7.07. The number of carbonyl (C=O) groups excluding carboxylic acids is 1. The van der Waals surface area contributed by atoms with E-state index >= 15 is 0 Å². The number of halogens is 1. The fourth-order valence-electron chi connectivity index (χ4n) is 1.41. The average Bonchev–Trinajstić information content (AvgIpc) is 2.90. The first-order valence-corrected chi connectivity index (χ1v) is 8.05. The molecule has 0 saturated carbocycles. The van der Waals surface area contributed by atoms with Crippen LogP contribution in [0.2, 0.25) is 5.02 Å². The maximum Gasteiger partial charge on any atom is 0.250 e. The van der Waals surface area contributed by atoms with Crippen molar-refractivity contribution in [3.8, 4) is 0 Å². The number of nitrogens with one attached hydrogen (secondary N) is 1. The first-order chi connectivity index (χ1) is 8.99. The lowest BCUT2D eigenvalue weighted by Gasteiger charge is -2.04. The van der Waals surface area contributed by atoms with Gasteiger partial charge in [0.1, 0.15) is 4.21 Å². The van der Waals surface area contributed by atoms with Crippen LogP contribution in [0.25, 0.3) is 0 Å². The minimum atomic E-state index is -3.62. The van der Waals surface area contributed by atoms with Crippen LogP contribution in [0.3, 0.4) is 0 Å². The highest BCUT2D eigenvalue weighted by Gasteiger charge is 2.17.